The minimum Gasteiger partial charge on any atom is -0.383 e. The number of para-hydroxylation sites is 1. The fourth-order valence-electron chi connectivity index (χ4n) is 2.09. The second-order valence-corrected chi connectivity index (χ2v) is 4.61. The summed E-state index contributed by atoms with van der Waals surface area (Å²) >= 11 is 5.26. The van der Waals surface area contributed by atoms with E-state index in [-0.39, 0.29) is 0 Å². The number of nitrogens with one attached hydrogen (secondary N) is 1. The minimum absolute atomic E-state index is 0.567. The van der Waals surface area contributed by atoms with Crippen molar-refractivity contribution in [3.8, 4) is 11.4 Å². The van der Waals surface area contributed by atoms with Gasteiger partial charge in [-0.2, -0.15) is 5.10 Å². The quantitative estimate of drug-likeness (QED) is 0.745. The summed E-state index contributed by atoms with van der Waals surface area (Å²) in [5.74, 6) is 0.748. The molecule has 7 heteroatoms. The van der Waals surface area contributed by atoms with Crippen LogP contribution in [-0.2, 0) is 11.3 Å². The van der Waals surface area contributed by atoms with Crippen LogP contribution < -0.4 is 0 Å². The number of hydrogen-bond donors (Lipinski definition) is 1. The summed E-state index contributed by atoms with van der Waals surface area (Å²) in [5, 5.41) is 7.13. The summed E-state index contributed by atoms with van der Waals surface area (Å²) in [6.07, 6.45) is 3.35. The predicted octanol–water partition coefficient (Wildman–Crippen LogP) is 2.20. The molecule has 0 aliphatic heterocycles. The summed E-state index contributed by atoms with van der Waals surface area (Å²) in [4.78, 5) is 8.70. The molecular weight excluding hydrogens is 274 g/mol. The molecule has 102 valence electrons. The van der Waals surface area contributed by atoms with E-state index in [1.165, 1.54) is 0 Å². The first-order valence-corrected chi connectivity index (χ1v) is 6.56. The molecule has 1 aromatic carbocycles. The van der Waals surface area contributed by atoms with Gasteiger partial charge in [0.1, 0.15) is 0 Å². The summed E-state index contributed by atoms with van der Waals surface area (Å²) in [6.45, 7) is 1.20. The van der Waals surface area contributed by atoms with Crippen molar-refractivity contribution in [2.75, 3.05) is 13.7 Å². The van der Waals surface area contributed by atoms with E-state index in [9.17, 15) is 0 Å². The topological polar surface area (TPSA) is 68.6 Å². The van der Waals surface area contributed by atoms with Crippen molar-refractivity contribution in [1.29, 1.82) is 0 Å². The van der Waals surface area contributed by atoms with Crippen molar-refractivity contribution >= 4 is 23.3 Å². The van der Waals surface area contributed by atoms with Gasteiger partial charge in [-0.25, -0.2) is 0 Å². The number of ether oxygens (including phenoxy) is 1. The average molecular weight is 287 g/mol. The fraction of sp³-hybridized carbons (Fsp3) is 0.231. The Kier molecular flexibility index (Phi) is 3.53. The van der Waals surface area contributed by atoms with Crippen LogP contribution in [0.3, 0.4) is 0 Å². The van der Waals surface area contributed by atoms with Gasteiger partial charge in [-0.15, -0.1) is 0 Å². The highest BCUT2D eigenvalue weighted by Gasteiger charge is 2.12. The maximum atomic E-state index is 5.26. The molecule has 6 nitrogen and oxygen atoms in total. The SMILES string of the molecule is COCCn1c(-c2cccc3nccnc23)n[nH]c1=S. The molecule has 0 aliphatic carbocycles. The Bertz CT molecular complexity index is 789. The minimum atomic E-state index is 0.567. The number of H-pyrrole nitrogens is 1. The van der Waals surface area contributed by atoms with Crippen molar-refractivity contribution in [1.82, 2.24) is 24.7 Å². The highest BCUT2D eigenvalue weighted by molar-refractivity contribution is 7.71. The van der Waals surface area contributed by atoms with Crippen LogP contribution in [0.1, 0.15) is 0 Å². The molecule has 0 atom stereocenters. The zero-order chi connectivity index (χ0) is 13.9. The number of rotatable bonds is 4. The highest BCUT2D eigenvalue weighted by Crippen LogP contribution is 2.24. The molecule has 3 rings (SSSR count). The molecule has 1 N–H and O–H groups in total. The number of hydrogen-bond acceptors (Lipinski definition) is 5. The number of aromatic amines is 1. The molecule has 0 fully saturated rings. The van der Waals surface area contributed by atoms with Crippen LogP contribution in [0.2, 0.25) is 0 Å². The summed E-state index contributed by atoms with van der Waals surface area (Å²) in [6, 6.07) is 5.82. The van der Waals surface area contributed by atoms with E-state index in [2.05, 4.69) is 20.2 Å². The Balaban J connectivity index is 2.19. The van der Waals surface area contributed by atoms with E-state index in [4.69, 9.17) is 17.0 Å². The van der Waals surface area contributed by atoms with Crippen LogP contribution in [0.5, 0.6) is 0 Å². The molecule has 3 aromatic rings. The molecule has 0 saturated heterocycles. The van der Waals surface area contributed by atoms with Crippen LogP contribution in [0, 0.1) is 4.77 Å². The second kappa shape index (κ2) is 5.48. The predicted molar refractivity (Wildman–Crippen MR) is 77.8 cm³/mol. The van der Waals surface area contributed by atoms with Crippen molar-refractivity contribution < 1.29 is 4.74 Å². The van der Waals surface area contributed by atoms with Crippen LogP contribution in [0.4, 0.5) is 0 Å². The monoisotopic (exact) mass is 287 g/mol. The molecule has 0 unspecified atom stereocenters. The van der Waals surface area contributed by atoms with E-state index in [1.54, 1.807) is 19.5 Å². The van der Waals surface area contributed by atoms with E-state index in [0.717, 1.165) is 22.4 Å². The van der Waals surface area contributed by atoms with Crippen molar-refractivity contribution in [3.05, 3.63) is 35.4 Å². The van der Waals surface area contributed by atoms with Crippen molar-refractivity contribution in [2.45, 2.75) is 6.54 Å². The first-order chi connectivity index (χ1) is 9.81. The number of aromatic nitrogens is 5. The molecule has 2 aromatic heterocycles. The summed E-state index contributed by atoms with van der Waals surface area (Å²) in [7, 11) is 1.66. The number of methoxy groups -OCH3 is 1. The molecule has 0 radical (unpaired) electrons. The molecular formula is C13H13N5OS. The lowest BCUT2D eigenvalue weighted by Crippen LogP contribution is -2.06. The van der Waals surface area contributed by atoms with Gasteiger partial charge in [0.25, 0.3) is 0 Å². The molecule has 2 heterocycles. The average Bonchev–Trinajstić information content (AvgIpc) is 2.85. The molecule has 20 heavy (non-hydrogen) atoms. The van der Waals surface area contributed by atoms with Gasteiger partial charge in [0.15, 0.2) is 10.6 Å². The first-order valence-electron chi connectivity index (χ1n) is 6.15. The van der Waals surface area contributed by atoms with Crippen LogP contribution in [0.15, 0.2) is 30.6 Å². The third-order valence-corrected chi connectivity index (χ3v) is 3.33. The number of nitrogens with zero attached hydrogens (tertiary/aromatic N) is 4. The van der Waals surface area contributed by atoms with Gasteiger partial charge >= 0.3 is 0 Å². The summed E-state index contributed by atoms with van der Waals surface area (Å²) in [5.41, 5.74) is 2.54. The van der Waals surface area contributed by atoms with E-state index >= 15 is 0 Å². The maximum absolute atomic E-state index is 5.26. The Labute approximate surface area is 120 Å². The molecule has 0 aliphatic rings. The van der Waals surface area contributed by atoms with Crippen LogP contribution in [0.25, 0.3) is 22.4 Å². The van der Waals surface area contributed by atoms with E-state index in [1.807, 2.05) is 22.8 Å². The Morgan fingerprint density at radius 2 is 2.15 bits per heavy atom. The molecule has 0 amide bonds. The van der Waals surface area contributed by atoms with Gasteiger partial charge in [0.05, 0.1) is 24.2 Å². The van der Waals surface area contributed by atoms with Gasteiger partial charge < -0.3 is 4.74 Å². The fourth-order valence-corrected chi connectivity index (χ4v) is 2.31. The van der Waals surface area contributed by atoms with E-state index in [0.29, 0.717) is 17.9 Å². The van der Waals surface area contributed by atoms with Gasteiger partial charge in [0, 0.05) is 25.1 Å². The van der Waals surface area contributed by atoms with Gasteiger partial charge in [-0.1, -0.05) is 6.07 Å². The lowest BCUT2D eigenvalue weighted by Gasteiger charge is -2.07. The van der Waals surface area contributed by atoms with Gasteiger partial charge in [-0.3, -0.25) is 19.6 Å². The lowest BCUT2D eigenvalue weighted by molar-refractivity contribution is 0.187. The highest BCUT2D eigenvalue weighted by atomic mass is 32.1. The maximum Gasteiger partial charge on any atom is 0.195 e. The second-order valence-electron chi connectivity index (χ2n) is 4.23. The number of benzene rings is 1. The molecule has 0 bridgehead atoms. The molecule has 0 spiro atoms. The lowest BCUT2D eigenvalue weighted by atomic mass is 10.1. The standard InChI is InChI=1S/C13H13N5OS/c1-19-8-7-18-12(16-17-13(18)20)9-3-2-4-10-11(9)15-6-5-14-10/h2-6H,7-8H2,1H3,(H,17,20). The normalized spacial score (nSPS) is 11.1. The van der Waals surface area contributed by atoms with Crippen LogP contribution in [-0.4, -0.2) is 38.4 Å². The third kappa shape index (κ3) is 2.21. The first kappa shape index (κ1) is 12.9. The van der Waals surface area contributed by atoms with E-state index < -0.39 is 0 Å². The van der Waals surface area contributed by atoms with Crippen LogP contribution >= 0.6 is 12.2 Å². The zero-order valence-corrected chi connectivity index (χ0v) is 11.7. The third-order valence-electron chi connectivity index (χ3n) is 3.02. The largest absolute Gasteiger partial charge is 0.383 e. The number of fused-ring (bicyclic) bond motifs is 1. The Morgan fingerprint density at radius 3 is 3.00 bits per heavy atom. The summed E-state index contributed by atoms with van der Waals surface area (Å²) < 4.78 is 7.58. The molecule has 0 saturated carbocycles. The van der Waals surface area contributed by atoms with Gasteiger partial charge in [-0.05, 0) is 24.4 Å². The van der Waals surface area contributed by atoms with Crippen molar-refractivity contribution in [2.24, 2.45) is 0 Å². The van der Waals surface area contributed by atoms with Crippen molar-refractivity contribution in [3.63, 3.8) is 0 Å². The van der Waals surface area contributed by atoms with Gasteiger partial charge in [0.2, 0.25) is 0 Å². The Hall–Kier alpha value is -2.12. The Morgan fingerprint density at radius 1 is 1.30 bits per heavy atom. The zero-order valence-electron chi connectivity index (χ0n) is 10.9. The smallest absolute Gasteiger partial charge is 0.195 e.